The van der Waals surface area contributed by atoms with E-state index in [0.717, 1.165) is 6.54 Å². The molecule has 1 aromatic rings. The van der Waals surface area contributed by atoms with E-state index in [0.29, 0.717) is 5.67 Å². The third-order valence-electron chi connectivity index (χ3n) is 3.69. The molecule has 0 spiro atoms. The molecule has 1 atom stereocenters. The van der Waals surface area contributed by atoms with Gasteiger partial charge in [-0.25, -0.2) is 0 Å². The molecular weight excluding hydrogens is 214 g/mol. The average Bonchev–Trinajstić information content (AvgIpc) is 2.25. The van der Waals surface area contributed by atoms with Crippen molar-refractivity contribution >= 4 is 8.32 Å². The fraction of sp³-hybridized carbons (Fsp3) is 0.538. The third-order valence-corrected chi connectivity index (χ3v) is 7.00. The van der Waals surface area contributed by atoms with E-state index in [-0.39, 0.29) is 0 Å². The average molecular weight is 235 g/mol. The van der Waals surface area contributed by atoms with Crippen LogP contribution in [0.4, 0.5) is 0 Å². The number of hydrogen-bond donors (Lipinski definition) is 0. The van der Waals surface area contributed by atoms with Gasteiger partial charge in [0.25, 0.3) is 0 Å². The summed E-state index contributed by atoms with van der Waals surface area (Å²) in [7, 11) is 0.381. The Bertz CT molecular complexity index is 339. The Labute approximate surface area is 99.4 Å². The summed E-state index contributed by atoms with van der Waals surface area (Å²) < 4.78 is 5.71. The van der Waals surface area contributed by atoms with Crippen LogP contribution in [0.15, 0.2) is 30.3 Å². The standard InChI is InChI=1S/C13H21NOSi/c1-15-16(2,3)13-9-10-14(13)11-12-7-5-4-6-8-12/h4-8,13H,9-11H2,1-3H3. The molecule has 1 saturated heterocycles. The minimum absolute atomic E-state index is 0.692. The maximum Gasteiger partial charge on any atom is 0.203 e. The van der Waals surface area contributed by atoms with Gasteiger partial charge in [-0.05, 0) is 31.6 Å². The Balaban J connectivity index is 1.97. The first-order valence-corrected chi connectivity index (χ1v) is 8.95. The quantitative estimate of drug-likeness (QED) is 0.744. The Kier molecular flexibility index (Phi) is 3.47. The van der Waals surface area contributed by atoms with Gasteiger partial charge < -0.3 is 4.43 Å². The molecule has 1 aliphatic heterocycles. The van der Waals surface area contributed by atoms with Crippen molar-refractivity contribution in [3.8, 4) is 0 Å². The molecule has 2 nitrogen and oxygen atoms in total. The summed E-state index contributed by atoms with van der Waals surface area (Å²) in [5, 5.41) is 0. The lowest BCUT2D eigenvalue weighted by molar-refractivity contribution is 0.115. The van der Waals surface area contributed by atoms with Crippen LogP contribution < -0.4 is 0 Å². The minimum atomic E-state index is -1.48. The molecule has 0 amide bonds. The second-order valence-electron chi connectivity index (χ2n) is 5.07. The Morgan fingerprint density at radius 2 is 2.00 bits per heavy atom. The summed E-state index contributed by atoms with van der Waals surface area (Å²) in [5.41, 5.74) is 2.10. The van der Waals surface area contributed by atoms with E-state index < -0.39 is 8.32 Å². The number of hydrogen-bond acceptors (Lipinski definition) is 2. The highest BCUT2D eigenvalue weighted by Gasteiger charge is 2.42. The second kappa shape index (κ2) is 4.70. The van der Waals surface area contributed by atoms with Crippen LogP contribution in [0.25, 0.3) is 0 Å². The molecule has 0 radical (unpaired) electrons. The molecule has 0 N–H and O–H groups in total. The van der Waals surface area contributed by atoms with Crippen molar-refractivity contribution < 1.29 is 4.43 Å². The van der Waals surface area contributed by atoms with Gasteiger partial charge in [-0.2, -0.15) is 0 Å². The first-order valence-electron chi connectivity index (χ1n) is 5.96. The van der Waals surface area contributed by atoms with E-state index in [4.69, 9.17) is 4.43 Å². The van der Waals surface area contributed by atoms with Crippen molar-refractivity contribution in [3.05, 3.63) is 35.9 Å². The van der Waals surface area contributed by atoms with E-state index in [1.807, 2.05) is 7.11 Å². The smallest absolute Gasteiger partial charge is 0.203 e. The van der Waals surface area contributed by atoms with Gasteiger partial charge in [-0.1, -0.05) is 30.3 Å². The maximum absolute atomic E-state index is 5.71. The van der Waals surface area contributed by atoms with Gasteiger partial charge in [0, 0.05) is 19.3 Å². The maximum atomic E-state index is 5.71. The lowest BCUT2D eigenvalue weighted by Crippen LogP contribution is -2.61. The summed E-state index contributed by atoms with van der Waals surface area (Å²) >= 11 is 0. The summed E-state index contributed by atoms with van der Waals surface area (Å²) in [5.74, 6) is 0. The Morgan fingerprint density at radius 1 is 1.31 bits per heavy atom. The zero-order valence-electron chi connectivity index (χ0n) is 10.4. The van der Waals surface area contributed by atoms with E-state index in [9.17, 15) is 0 Å². The largest absolute Gasteiger partial charge is 0.419 e. The van der Waals surface area contributed by atoms with Crippen LogP contribution >= 0.6 is 0 Å². The molecule has 1 unspecified atom stereocenters. The molecule has 1 aliphatic rings. The highest BCUT2D eigenvalue weighted by atomic mass is 28.4. The van der Waals surface area contributed by atoms with E-state index in [1.54, 1.807) is 0 Å². The molecule has 0 aliphatic carbocycles. The molecule has 3 heteroatoms. The van der Waals surface area contributed by atoms with Crippen LogP contribution in [0.3, 0.4) is 0 Å². The van der Waals surface area contributed by atoms with Crippen molar-refractivity contribution in [3.63, 3.8) is 0 Å². The van der Waals surface area contributed by atoms with Gasteiger partial charge in [0.2, 0.25) is 8.32 Å². The third kappa shape index (κ3) is 2.37. The molecular formula is C13H21NOSi. The molecule has 0 bridgehead atoms. The van der Waals surface area contributed by atoms with Crippen LogP contribution in [0.1, 0.15) is 12.0 Å². The van der Waals surface area contributed by atoms with Crippen LogP contribution in [-0.4, -0.2) is 32.5 Å². The monoisotopic (exact) mass is 235 g/mol. The number of benzene rings is 1. The number of nitrogens with zero attached hydrogens (tertiary/aromatic N) is 1. The van der Waals surface area contributed by atoms with Gasteiger partial charge in [-0.3, -0.25) is 4.90 Å². The number of rotatable bonds is 4. The van der Waals surface area contributed by atoms with Gasteiger partial charge in [0.1, 0.15) is 0 Å². The van der Waals surface area contributed by atoms with E-state index in [1.165, 1.54) is 18.5 Å². The van der Waals surface area contributed by atoms with Crippen molar-refractivity contribution in [2.75, 3.05) is 13.7 Å². The first kappa shape index (κ1) is 11.8. The van der Waals surface area contributed by atoms with Crippen LogP contribution in [0, 0.1) is 0 Å². The van der Waals surface area contributed by atoms with Gasteiger partial charge >= 0.3 is 0 Å². The minimum Gasteiger partial charge on any atom is -0.419 e. The molecule has 1 fully saturated rings. The first-order chi connectivity index (χ1) is 7.63. The molecule has 1 aromatic carbocycles. The molecule has 88 valence electrons. The topological polar surface area (TPSA) is 12.5 Å². The summed E-state index contributed by atoms with van der Waals surface area (Å²) in [6.07, 6.45) is 1.31. The predicted octanol–water partition coefficient (Wildman–Crippen LogP) is 2.65. The zero-order chi connectivity index (χ0) is 11.6. The van der Waals surface area contributed by atoms with Crippen LogP contribution in [-0.2, 0) is 11.0 Å². The second-order valence-corrected chi connectivity index (χ2v) is 9.35. The summed E-state index contributed by atoms with van der Waals surface area (Å²) in [6, 6.07) is 10.7. The van der Waals surface area contributed by atoms with Crippen molar-refractivity contribution in [1.82, 2.24) is 4.90 Å². The molecule has 16 heavy (non-hydrogen) atoms. The fourth-order valence-electron chi connectivity index (χ4n) is 2.37. The lowest BCUT2D eigenvalue weighted by Gasteiger charge is -2.47. The van der Waals surface area contributed by atoms with Crippen molar-refractivity contribution in [2.45, 2.75) is 31.7 Å². The fourth-order valence-corrected chi connectivity index (χ4v) is 4.57. The predicted molar refractivity (Wildman–Crippen MR) is 69.7 cm³/mol. The van der Waals surface area contributed by atoms with Crippen LogP contribution in [0.2, 0.25) is 13.1 Å². The SMILES string of the molecule is CO[Si](C)(C)C1CCN1Cc1ccccc1. The Morgan fingerprint density at radius 3 is 2.50 bits per heavy atom. The molecule has 1 heterocycles. The van der Waals surface area contributed by atoms with Crippen molar-refractivity contribution in [1.29, 1.82) is 0 Å². The lowest BCUT2D eigenvalue weighted by atomic mass is 10.1. The van der Waals surface area contributed by atoms with Gasteiger partial charge in [-0.15, -0.1) is 0 Å². The summed E-state index contributed by atoms with van der Waals surface area (Å²) in [6.45, 7) is 6.92. The van der Waals surface area contributed by atoms with Crippen molar-refractivity contribution in [2.24, 2.45) is 0 Å². The Hall–Kier alpha value is -0.643. The highest BCUT2D eigenvalue weighted by molar-refractivity contribution is 6.72. The summed E-state index contributed by atoms with van der Waals surface area (Å²) in [4.78, 5) is 2.56. The zero-order valence-corrected chi connectivity index (χ0v) is 11.4. The number of likely N-dealkylation sites (tertiary alicyclic amines) is 1. The van der Waals surface area contributed by atoms with E-state index in [2.05, 4.69) is 48.3 Å². The van der Waals surface area contributed by atoms with Gasteiger partial charge in [0.15, 0.2) is 0 Å². The molecule has 2 rings (SSSR count). The van der Waals surface area contributed by atoms with Gasteiger partial charge in [0.05, 0.1) is 0 Å². The normalized spacial score (nSPS) is 21.8. The van der Waals surface area contributed by atoms with E-state index >= 15 is 0 Å². The molecule has 0 aromatic heterocycles. The molecule has 0 saturated carbocycles. The highest BCUT2D eigenvalue weighted by Crippen LogP contribution is 2.28. The van der Waals surface area contributed by atoms with Crippen LogP contribution in [0.5, 0.6) is 0 Å².